The highest BCUT2D eigenvalue weighted by atomic mass is 79.9. The molecular formula is C14H13BrClNO3. The van der Waals surface area contributed by atoms with Crippen molar-refractivity contribution in [3.8, 4) is 0 Å². The van der Waals surface area contributed by atoms with Gasteiger partial charge in [-0.3, -0.25) is 9.59 Å². The fourth-order valence-corrected chi connectivity index (χ4v) is 2.98. The van der Waals surface area contributed by atoms with Crippen molar-refractivity contribution in [1.82, 2.24) is 4.90 Å². The Kier molecular flexibility index (Phi) is 4.50. The second-order valence-corrected chi connectivity index (χ2v) is 5.63. The third-order valence-electron chi connectivity index (χ3n) is 3.21. The largest absolute Gasteiger partial charge is 0.503 e. The molecule has 106 valence electrons. The molecule has 0 spiro atoms. The minimum absolute atomic E-state index is 0.101. The summed E-state index contributed by atoms with van der Waals surface area (Å²) >= 11 is 9.44. The average Bonchev–Trinajstić information content (AvgIpc) is 2.65. The molecule has 1 amide bonds. The number of nitrogens with zero attached hydrogens (tertiary/aromatic N) is 1. The van der Waals surface area contributed by atoms with Crippen LogP contribution in [0.5, 0.6) is 0 Å². The van der Waals surface area contributed by atoms with Gasteiger partial charge in [-0.05, 0) is 18.6 Å². The van der Waals surface area contributed by atoms with Gasteiger partial charge < -0.3 is 10.0 Å². The normalized spacial score (nSPS) is 18.9. The highest BCUT2D eigenvalue weighted by Gasteiger charge is 2.42. The summed E-state index contributed by atoms with van der Waals surface area (Å²) in [5.74, 6) is -1.36. The number of Topliss-reactive ketones (excluding diaryl/α,β-unsaturated/α-hetero) is 1. The van der Waals surface area contributed by atoms with Crippen molar-refractivity contribution in [1.29, 1.82) is 0 Å². The Labute approximate surface area is 130 Å². The van der Waals surface area contributed by atoms with E-state index in [2.05, 4.69) is 15.9 Å². The molecule has 1 heterocycles. The van der Waals surface area contributed by atoms with E-state index in [1.165, 1.54) is 11.8 Å². The van der Waals surface area contributed by atoms with Crippen molar-refractivity contribution in [3.63, 3.8) is 0 Å². The molecule has 0 radical (unpaired) electrons. The lowest BCUT2D eigenvalue weighted by atomic mass is 9.97. The number of hydrogen-bond acceptors (Lipinski definition) is 3. The van der Waals surface area contributed by atoms with Gasteiger partial charge in [-0.2, -0.15) is 0 Å². The molecule has 1 N–H and O–H groups in total. The summed E-state index contributed by atoms with van der Waals surface area (Å²) < 4.78 is 0. The second kappa shape index (κ2) is 5.97. The second-order valence-electron chi connectivity index (χ2n) is 4.43. The number of carbonyl (C=O) groups excluding carboxylic acids is 2. The van der Waals surface area contributed by atoms with Crippen molar-refractivity contribution >= 4 is 39.2 Å². The number of aliphatic hydroxyl groups excluding tert-OH is 1. The van der Waals surface area contributed by atoms with Crippen molar-refractivity contribution in [3.05, 3.63) is 46.2 Å². The van der Waals surface area contributed by atoms with Crippen molar-refractivity contribution in [2.24, 2.45) is 0 Å². The number of halogens is 2. The minimum Gasteiger partial charge on any atom is -0.503 e. The van der Waals surface area contributed by atoms with Gasteiger partial charge in [0.2, 0.25) is 0 Å². The van der Waals surface area contributed by atoms with E-state index in [0.29, 0.717) is 22.5 Å². The molecule has 1 unspecified atom stereocenters. The lowest BCUT2D eigenvalue weighted by Gasteiger charge is -2.26. The molecule has 1 aromatic carbocycles. The Morgan fingerprint density at radius 2 is 2.10 bits per heavy atom. The predicted octanol–water partition coefficient (Wildman–Crippen LogP) is 3.02. The fraction of sp³-hybridized carbons (Fsp3) is 0.286. The van der Waals surface area contributed by atoms with E-state index in [0.717, 1.165) is 0 Å². The Bertz CT molecular complexity index is 600. The Hall–Kier alpha value is -1.33. The average molecular weight is 359 g/mol. The third kappa shape index (κ3) is 2.47. The first-order valence-corrected chi connectivity index (χ1v) is 7.54. The molecular weight excluding hydrogens is 346 g/mol. The highest BCUT2D eigenvalue weighted by molar-refractivity contribution is 9.09. The summed E-state index contributed by atoms with van der Waals surface area (Å²) in [4.78, 5) is 25.3. The van der Waals surface area contributed by atoms with E-state index < -0.39 is 17.7 Å². The number of carbonyl (C=O) groups is 2. The van der Waals surface area contributed by atoms with Crippen molar-refractivity contribution < 1.29 is 14.7 Å². The van der Waals surface area contributed by atoms with Gasteiger partial charge in [0.1, 0.15) is 0 Å². The van der Waals surface area contributed by atoms with Crippen LogP contribution in [-0.4, -0.2) is 33.6 Å². The molecule has 0 aromatic heterocycles. The molecule has 0 fully saturated rings. The monoisotopic (exact) mass is 357 g/mol. The van der Waals surface area contributed by atoms with Gasteiger partial charge in [-0.15, -0.1) is 0 Å². The highest BCUT2D eigenvalue weighted by Crippen LogP contribution is 2.40. The van der Waals surface area contributed by atoms with Crippen LogP contribution in [0.2, 0.25) is 5.02 Å². The number of amides is 1. The first kappa shape index (κ1) is 15.1. The molecule has 0 saturated heterocycles. The van der Waals surface area contributed by atoms with Gasteiger partial charge in [-0.1, -0.05) is 45.7 Å². The number of hydrogen-bond donors (Lipinski definition) is 1. The summed E-state index contributed by atoms with van der Waals surface area (Å²) in [6.07, 6.45) is 0. The van der Waals surface area contributed by atoms with Crippen LogP contribution in [0.15, 0.2) is 35.6 Å². The molecule has 0 saturated carbocycles. The van der Waals surface area contributed by atoms with E-state index in [4.69, 9.17) is 11.6 Å². The van der Waals surface area contributed by atoms with Crippen LogP contribution >= 0.6 is 27.5 Å². The van der Waals surface area contributed by atoms with E-state index in [1.54, 1.807) is 24.3 Å². The fourth-order valence-electron chi connectivity index (χ4n) is 2.36. The topological polar surface area (TPSA) is 57.6 Å². The maximum atomic E-state index is 12.1. The van der Waals surface area contributed by atoms with Gasteiger partial charge in [-0.25, -0.2) is 0 Å². The quantitative estimate of drug-likeness (QED) is 0.842. The molecule has 6 heteroatoms. The minimum atomic E-state index is -0.633. The van der Waals surface area contributed by atoms with Crippen molar-refractivity contribution in [2.45, 2.75) is 13.0 Å². The first-order chi connectivity index (χ1) is 9.49. The first-order valence-electron chi connectivity index (χ1n) is 6.04. The lowest BCUT2D eigenvalue weighted by Crippen LogP contribution is -2.32. The van der Waals surface area contributed by atoms with E-state index in [-0.39, 0.29) is 11.4 Å². The van der Waals surface area contributed by atoms with Gasteiger partial charge in [0.05, 0.1) is 11.6 Å². The smallest absolute Gasteiger partial charge is 0.290 e. The number of rotatable bonds is 4. The lowest BCUT2D eigenvalue weighted by molar-refractivity contribution is -0.129. The molecule has 1 aliphatic rings. The zero-order valence-corrected chi connectivity index (χ0v) is 13.1. The van der Waals surface area contributed by atoms with E-state index >= 15 is 0 Å². The zero-order chi connectivity index (χ0) is 14.9. The molecule has 1 aromatic rings. The van der Waals surface area contributed by atoms with Gasteiger partial charge in [0.25, 0.3) is 5.91 Å². The molecule has 0 aliphatic carbocycles. The van der Waals surface area contributed by atoms with Gasteiger partial charge in [0, 0.05) is 16.9 Å². The standard InChI is InChI=1S/C14H13BrClNO3/c1-8(18)11-12(9-4-2-3-5-10(9)16)17(7-6-15)14(20)13(11)19/h2-5,12,19H,6-7H2,1H3. The Balaban J connectivity index is 2.58. The van der Waals surface area contributed by atoms with Crippen LogP contribution in [0.3, 0.4) is 0 Å². The number of aliphatic hydroxyl groups is 1. The molecule has 4 nitrogen and oxygen atoms in total. The maximum absolute atomic E-state index is 12.1. The zero-order valence-electron chi connectivity index (χ0n) is 10.8. The summed E-state index contributed by atoms with van der Waals surface area (Å²) in [6, 6.07) is 6.37. The molecule has 2 rings (SSSR count). The van der Waals surface area contributed by atoms with Crippen LogP contribution in [-0.2, 0) is 9.59 Å². The molecule has 1 aliphatic heterocycles. The third-order valence-corrected chi connectivity index (χ3v) is 3.91. The number of ketones is 1. The summed E-state index contributed by atoms with van der Waals surface area (Å²) in [5, 5.41) is 11.0. The molecule has 0 bridgehead atoms. The summed E-state index contributed by atoms with van der Waals surface area (Å²) in [5.41, 5.74) is 0.738. The number of alkyl halides is 1. The summed E-state index contributed by atoms with van der Waals surface area (Å²) in [7, 11) is 0. The Morgan fingerprint density at radius 1 is 1.45 bits per heavy atom. The van der Waals surface area contributed by atoms with Crippen LogP contribution in [0.1, 0.15) is 18.5 Å². The van der Waals surface area contributed by atoms with Crippen molar-refractivity contribution in [2.75, 3.05) is 11.9 Å². The van der Waals surface area contributed by atoms with Gasteiger partial charge in [0.15, 0.2) is 11.5 Å². The van der Waals surface area contributed by atoms with E-state index in [9.17, 15) is 14.7 Å². The van der Waals surface area contributed by atoms with Crippen LogP contribution < -0.4 is 0 Å². The SMILES string of the molecule is CC(=O)C1=C(O)C(=O)N(CCBr)C1c1ccccc1Cl. The van der Waals surface area contributed by atoms with E-state index in [1.807, 2.05) is 0 Å². The Morgan fingerprint density at radius 3 is 2.65 bits per heavy atom. The van der Waals surface area contributed by atoms with Gasteiger partial charge >= 0.3 is 0 Å². The molecule has 20 heavy (non-hydrogen) atoms. The number of benzene rings is 1. The van der Waals surface area contributed by atoms with Crippen LogP contribution in [0.25, 0.3) is 0 Å². The summed E-state index contributed by atoms with van der Waals surface area (Å²) in [6.45, 7) is 1.70. The maximum Gasteiger partial charge on any atom is 0.290 e. The predicted molar refractivity (Wildman–Crippen MR) is 80.0 cm³/mol. The van der Waals surface area contributed by atoms with Crippen LogP contribution in [0.4, 0.5) is 0 Å². The van der Waals surface area contributed by atoms with Crippen LogP contribution in [0, 0.1) is 0 Å². The molecule has 1 atom stereocenters.